The molecule has 30 heavy (non-hydrogen) atoms. The van der Waals surface area contributed by atoms with Gasteiger partial charge in [-0.05, 0) is 48.7 Å². The first-order chi connectivity index (χ1) is 14.5. The molecule has 0 spiro atoms. The highest BCUT2D eigenvalue weighted by atomic mass is 35.5. The van der Waals surface area contributed by atoms with Gasteiger partial charge in [-0.1, -0.05) is 42.8 Å². The zero-order valence-electron chi connectivity index (χ0n) is 17.7. The van der Waals surface area contributed by atoms with Crippen LogP contribution in [0.3, 0.4) is 0 Å². The van der Waals surface area contributed by atoms with Gasteiger partial charge in [-0.2, -0.15) is 0 Å². The fourth-order valence-electron chi connectivity index (χ4n) is 3.11. The van der Waals surface area contributed by atoms with Crippen molar-refractivity contribution in [1.82, 2.24) is 10.2 Å². The standard InChI is InChI=1S/C23H29ClN2O3S/c1-4-21(23(28)25-5-2)26(14-17-9-11-20(29-3)12-10-17)22(27)16-30-15-18-7-6-8-19(24)13-18/h6-13,21H,4-5,14-16H2,1-3H3,(H,25,28)/t21-/m0/s1. The van der Waals surface area contributed by atoms with Gasteiger partial charge in [0.2, 0.25) is 11.8 Å². The molecular weight excluding hydrogens is 420 g/mol. The molecule has 162 valence electrons. The minimum Gasteiger partial charge on any atom is -0.497 e. The molecule has 1 N–H and O–H groups in total. The Bertz CT molecular complexity index is 829. The highest BCUT2D eigenvalue weighted by molar-refractivity contribution is 7.99. The molecule has 0 aliphatic heterocycles. The Morgan fingerprint density at radius 1 is 1.13 bits per heavy atom. The van der Waals surface area contributed by atoms with Crippen molar-refractivity contribution in [3.05, 3.63) is 64.7 Å². The monoisotopic (exact) mass is 448 g/mol. The third kappa shape index (κ3) is 7.26. The molecule has 0 saturated heterocycles. The predicted molar refractivity (Wildman–Crippen MR) is 124 cm³/mol. The smallest absolute Gasteiger partial charge is 0.242 e. The lowest BCUT2D eigenvalue weighted by molar-refractivity contribution is -0.139. The number of carbonyl (C=O) groups is 2. The molecule has 2 aromatic rings. The molecule has 2 amide bonds. The van der Waals surface area contributed by atoms with Crippen LogP contribution in [0.25, 0.3) is 0 Å². The van der Waals surface area contributed by atoms with Crippen LogP contribution in [-0.2, 0) is 21.9 Å². The van der Waals surface area contributed by atoms with Crippen molar-refractivity contribution < 1.29 is 14.3 Å². The molecule has 0 unspecified atom stereocenters. The zero-order valence-corrected chi connectivity index (χ0v) is 19.3. The molecular formula is C23H29ClN2O3S. The summed E-state index contributed by atoms with van der Waals surface area (Å²) in [5, 5.41) is 3.53. The summed E-state index contributed by atoms with van der Waals surface area (Å²) >= 11 is 7.56. The van der Waals surface area contributed by atoms with E-state index in [0.29, 0.717) is 36.0 Å². The summed E-state index contributed by atoms with van der Waals surface area (Å²) in [5.74, 6) is 1.54. The van der Waals surface area contributed by atoms with E-state index in [1.54, 1.807) is 12.0 Å². The highest BCUT2D eigenvalue weighted by Gasteiger charge is 2.28. The van der Waals surface area contributed by atoms with Crippen LogP contribution in [0.1, 0.15) is 31.4 Å². The number of thioether (sulfide) groups is 1. The summed E-state index contributed by atoms with van der Waals surface area (Å²) in [6.45, 7) is 4.70. The van der Waals surface area contributed by atoms with Gasteiger partial charge in [-0.15, -0.1) is 11.8 Å². The second kappa shape index (κ2) is 12.5. The van der Waals surface area contributed by atoms with Gasteiger partial charge in [-0.25, -0.2) is 0 Å². The minimum absolute atomic E-state index is 0.0593. The number of hydrogen-bond donors (Lipinski definition) is 1. The average molecular weight is 449 g/mol. The molecule has 0 aliphatic rings. The van der Waals surface area contributed by atoms with Crippen LogP contribution in [-0.4, -0.2) is 42.2 Å². The van der Waals surface area contributed by atoms with Crippen LogP contribution >= 0.6 is 23.4 Å². The van der Waals surface area contributed by atoms with Crippen LogP contribution in [0.4, 0.5) is 0 Å². The van der Waals surface area contributed by atoms with E-state index < -0.39 is 6.04 Å². The molecule has 7 heteroatoms. The van der Waals surface area contributed by atoms with Gasteiger partial charge in [-0.3, -0.25) is 9.59 Å². The summed E-state index contributed by atoms with van der Waals surface area (Å²) in [4.78, 5) is 27.4. The lowest BCUT2D eigenvalue weighted by Gasteiger charge is -2.30. The largest absolute Gasteiger partial charge is 0.497 e. The van der Waals surface area contributed by atoms with E-state index in [1.165, 1.54) is 11.8 Å². The molecule has 2 rings (SSSR count). The SMILES string of the molecule is CCNC(=O)[C@H](CC)N(Cc1ccc(OC)cc1)C(=O)CSCc1cccc(Cl)c1. The number of nitrogens with one attached hydrogen (secondary N) is 1. The summed E-state index contributed by atoms with van der Waals surface area (Å²) in [6.07, 6.45) is 0.548. The molecule has 0 aromatic heterocycles. The Kier molecular flexibility index (Phi) is 10.0. The third-order valence-electron chi connectivity index (χ3n) is 4.63. The van der Waals surface area contributed by atoms with Crippen LogP contribution in [0.2, 0.25) is 5.02 Å². The van der Waals surface area contributed by atoms with Crippen LogP contribution < -0.4 is 10.1 Å². The number of benzene rings is 2. The Labute approximate surface area is 188 Å². The van der Waals surface area contributed by atoms with Gasteiger partial charge in [0.15, 0.2) is 0 Å². The molecule has 1 atom stereocenters. The van der Waals surface area contributed by atoms with Gasteiger partial charge in [0.25, 0.3) is 0 Å². The van der Waals surface area contributed by atoms with E-state index in [0.717, 1.165) is 16.9 Å². The maximum absolute atomic E-state index is 13.1. The van der Waals surface area contributed by atoms with Crippen molar-refractivity contribution in [2.75, 3.05) is 19.4 Å². The van der Waals surface area contributed by atoms with Crippen molar-refractivity contribution in [3.63, 3.8) is 0 Å². The van der Waals surface area contributed by atoms with Gasteiger partial charge in [0.1, 0.15) is 11.8 Å². The first-order valence-electron chi connectivity index (χ1n) is 10.0. The molecule has 0 aliphatic carbocycles. The number of ether oxygens (including phenoxy) is 1. The first-order valence-corrected chi connectivity index (χ1v) is 11.5. The van der Waals surface area contributed by atoms with Crippen molar-refractivity contribution >= 4 is 35.2 Å². The molecule has 0 heterocycles. The van der Waals surface area contributed by atoms with Crippen molar-refractivity contribution in [1.29, 1.82) is 0 Å². The van der Waals surface area contributed by atoms with Crippen molar-refractivity contribution in [3.8, 4) is 5.75 Å². The zero-order chi connectivity index (χ0) is 21.9. The van der Waals surface area contributed by atoms with E-state index >= 15 is 0 Å². The number of nitrogens with zero attached hydrogens (tertiary/aromatic N) is 1. The van der Waals surface area contributed by atoms with E-state index in [9.17, 15) is 9.59 Å². The molecule has 0 fully saturated rings. The Morgan fingerprint density at radius 2 is 1.87 bits per heavy atom. The molecule has 2 aromatic carbocycles. The lowest BCUT2D eigenvalue weighted by Crippen LogP contribution is -2.49. The molecule has 0 bridgehead atoms. The number of rotatable bonds is 11. The maximum Gasteiger partial charge on any atom is 0.242 e. The number of amides is 2. The lowest BCUT2D eigenvalue weighted by atomic mass is 10.1. The van der Waals surface area contributed by atoms with Crippen LogP contribution in [0.15, 0.2) is 48.5 Å². The Balaban J connectivity index is 2.11. The van der Waals surface area contributed by atoms with Crippen LogP contribution in [0.5, 0.6) is 5.75 Å². The number of likely N-dealkylation sites (N-methyl/N-ethyl adjacent to an activating group) is 1. The first kappa shape index (κ1) is 24.1. The highest BCUT2D eigenvalue weighted by Crippen LogP contribution is 2.20. The van der Waals surface area contributed by atoms with Gasteiger partial charge in [0, 0.05) is 23.9 Å². The topological polar surface area (TPSA) is 58.6 Å². The molecule has 0 saturated carbocycles. The minimum atomic E-state index is -0.508. The quantitative estimate of drug-likeness (QED) is 0.548. The van der Waals surface area contributed by atoms with Gasteiger partial charge >= 0.3 is 0 Å². The van der Waals surface area contributed by atoms with Crippen molar-refractivity contribution in [2.45, 2.75) is 38.6 Å². The summed E-state index contributed by atoms with van der Waals surface area (Å²) < 4.78 is 5.21. The van der Waals surface area contributed by atoms with Crippen molar-refractivity contribution in [2.24, 2.45) is 0 Å². The second-order valence-corrected chi connectivity index (χ2v) is 8.23. The van der Waals surface area contributed by atoms with Gasteiger partial charge in [0.05, 0.1) is 12.9 Å². The summed E-state index contributed by atoms with van der Waals surface area (Å²) in [6, 6.07) is 14.7. The predicted octanol–water partition coefficient (Wildman–Crippen LogP) is 4.53. The Hall–Kier alpha value is -2.18. The molecule has 0 radical (unpaired) electrons. The number of halogens is 1. The average Bonchev–Trinajstić information content (AvgIpc) is 2.74. The number of methoxy groups -OCH3 is 1. The number of hydrogen-bond acceptors (Lipinski definition) is 4. The summed E-state index contributed by atoms with van der Waals surface area (Å²) in [7, 11) is 1.62. The Morgan fingerprint density at radius 3 is 2.47 bits per heavy atom. The fraction of sp³-hybridized carbons (Fsp3) is 0.391. The third-order valence-corrected chi connectivity index (χ3v) is 5.86. The maximum atomic E-state index is 13.1. The second-order valence-electron chi connectivity index (χ2n) is 6.81. The van der Waals surface area contributed by atoms with E-state index in [-0.39, 0.29) is 11.8 Å². The number of carbonyl (C=O) groups excluding carboxylic acids is 2. The summed E-state index contributed by atoms with van der Waals surface area (Å²) in [5.41, 5.74) is 2.02. The van der Waals surface area contributed by atoms with E-state index in [4.69, 9.17) is 16.3 Å². The van der Waals surface area contributed by atoms with E-state index in [2.05, 4.69) is 5.32 Å². The molecule has 5 nitrogen and oxygen atoms in total. The normalized spacial score (nSPS) is 11.6. The van der Waals surface area contributed by atoms with Gasteiger partial charge < -0.3 is 15.0 Å². The fourth-order valence-corrected chi connectivity index (χ4v) is 4.18. The van der Waals surface area contributed by atoms with Crippen LogP contribution in [0, 0.1) is 0 Å². The van der Waals surface area contributed by atoms with E-state index in [1.807, 2.05) is 62.4 Å².